The van der Waals surface area contributed by atoms with E-state index < -0.39 is 0 Å². The second kappa shape index (κ2) is 10.8. The van der Waals surface area contributed by atoms with Gasteiger partial charge in [0.2, 0.25) is 0 Å². The number of anilines is 2. The highest BCUT2D eigenvalue weighted by Gasteiger charge is 2.42. The number of rotatable bonds is 7. The van der Waals surface area contributed by atoms with Gasteiger partial charge in [-0.25, -0.2) is 0 Å². The van der Waals surface area contributed by atoms with Crippen LogP contribution in [0.4, 0.5) is 11.4 Å². The number of carbonyl (C=O) groups excluding carboxylic acids is 1. The number of ether oxygens (including phenoxy) is 2. The topological polar surface area (TPSA) is 45.2 Å². The Morgan fingerprint density at radius 3 is 2.43 bits per heavy atom. The predicted molar refractivity (Wildman–Crippen MR) is 141 cm³/mol. The molecule has 7 heteroatoms. The Morgan fingerprint density at radius 2 is 1.74 bits per heavy atom. The summed E-state index contributed by atoms with van der Waals surface area (Å²) in [5.41, 5.74) is 1.80. The van der Waals surface area contributed by atoms with Crippen molar-refractivity contribution in [2.45, 2.75) is 50.7 Å². The highest BCUT2D eigenvalue weighted by Crippen LogP contribution is 2.35. The molecule has 35 heavy (non-hydrogen) atoms. The quantitative estimate of drug-likeness (QED) is 0.504. The fourth-order valence-electron chi connectivity index (χ4n) is 5.58. The van der Waals surface area contributed by atoms with Gasteiger partial charge < -0.3 is 24.2 Å². The highest BCUT2D eigenvalue weighted by atomic mass is 35.5. The monoisotopic (exact) mass is 497 g/mol. The third-order valence-corrected chi connectivity index (χ3v) is 8.06. The maximum Gasteiger partial charge on any atom is 0.253 e. The number of hydrogen-bond donors (Lipinski definition) is 0. The molecule has 6 nitrogen and oxygen atoms in total. The van der Waals surface area contributed by atoms with Gasteiger partial charge in [-0.15, -0.1) is 0 Å². The van der Waals surface area contributed by atoms with Crippen LogP contribution in [-0.4, -0.2) is 68.4 Å². The Kier molecular flexibility index (Phi) is 7.51. The van der Waals surface area contributed by atoms with Crippen molar-refractivity contribution in [2.24, 2.45) is 0 Å². The Balaban J connectivity index is 1.11. The minimum atomic E-state index is -0.292. The molecule has 0 bridgehead atoms. The van der Waals surface area contributed by atoms with Gasteiger partial charge in [-0.1, -0.05) is 11.6 Å². The number of likely N-dealkylation sites (tertiary alicyclic amines) is 1. The Morgan fingerprint density at radius 1 is 1.03 bits per heavy atom. The summed E-state index contributed by atoms with van der Waals surface area (Å²) in [6.45, 7) is 7.95. The molecule has 0 aliphatic carbocycles. The molecule has 3 aliphatic heterocycles. The molecule has 0 saturated carbocycles. The number of benzene rings is 2. The Hall–Kier alpha value is -2.28. The van der Waals surface area contributed by atoms with Crippen LogP contribution in [0.3, 0.4) is 0 Å². The van der Waals surface area contributed by atoms with E-state index in [2.05, 4.69) is 41.0 Å². The smallest absolute Gasteiger partial charge is 0.253 e. The summed E-state index contributed by atoms with van der Waals surface area (Å²) < 4.78 is 12.1. The molecular formula is C28H36ClN3O3. The van der Waals surface area contributed by atoms with E-state index in [4.69, 9.17) is 21.1 Å². The molecule has 2 aromatic rings. The summed E-state index contributed by atoms with van der Waals surface area (Å²) in [6.07, 6.45) is 5.49. The summed E-state index contributed by atoms with van der Waals surface area (Å²) in [5.74, 6) is 0.940. The lowest BCUT2D eigenvalue weighted by atomic mass is 9.88. The van der Waals surface area contributed by atoms with Crippen molar-refractivity contribution in [3.63, 3.8) is 0 Å². The van der Waals surface area contributed by atoms with Crippen molar-refractivity contribution in [3.8, 4) is 5.75 Å². The Labute approximate surface area is 213 Å². The summed E-state index contributed by atoms with van der Waals surface area (Å²) in [7, 11) is 0. The van der Waals surface area contributed by atoms with Crippen LogP contribution < -0.4 is 14.5 Å². The van der Waals surface area contributed by atoms with Gasteiger partial charge >= 0.3 is 0 Å². The number of halogens is 1. The van der Waals surface area contributed by atoms with Crippen molar-refractivity contribution < 1.29 is 14.3 Å². The Bertz CT molecular complexity index is 990. The van der Waals surface area contributed by atoms with Crippen LogP contribution >= 0.6 is 11.6 Å². The van der Waals surface area contributed by atoms with Crippen LogP contribution in [0.15, 0.2) is 48.5 Å². The van der Waals surface area contributed by atoms with Crippen LogP contribution in [-0.2, 0) is 9.53 Å². The summed E-state index contributed by atoms with van der Waals surface area (Å²) in [4.78, 5) is 19.4. The zero-order chi connectivity index (χ0) is 24.3. The standard InChI is InChI=1S/C28H36ClN3O3/c1-22-4-2-15-30(22)16-3-19-34-26-11-9-24(10-12-26)31-17-13-28(14-18-31)21-32(27(33)20-35-28)25-7-5-23(29)6-8-25/h5-12,22H,2-4,13-21H2,1H3/t22-/m1/s1. The van der Waals surface area contributed by atoms with E-state index in [1.54, 1.807) is 0 Å². The van der Waals surface area contributed by atoms with Gasteiger partial charge in [0.25, 0.3) is 5.91 Å². The van der Waals surface area contributed by atoms with Crippen molar-refractivity contribution in [1.29, 1.82) is 0 Å². The van der Waals surface area contributed by atoms with Gasteiger partial charge in [-0.3, -0.25) is 4.79 Å². The maximum absolute atomic E-state index is 12.5. The van der Waals surface area contributed by atoms with Gasteiger partial charge in [-0.2, -0.15) is 0 Å². The van der Waals surface area contributed by atoms with Crippen molar-refractivity contribution >= 4 is 28.9 Å². The molecule has 3 aliphatic rings. The molecule has 0 radical (unpaired) electrons. The summed E-state index contributed by atoms with van der Waals surface area (Å²) in [5, 5.41) is 0.672. The average Bonchev–Trinajstić information content (AvgIpc) is 3.29. The van der Waals surface area contributed by atoms with Crippen LogP contribution in [0.5, 0.6) is 5.75 Å². The first kappa shape index (κ1) is 24.4. The van der Waals surface area contributed by atoms with Gasteiger partial charge in [0.05, 0.1) is 18.8 Å². The fraction of sp³-hybridized carbons (Fsp3) is 0.536. The number of carbonyl (C=O) groups is 1. The first-order valence-corrected chi connectivity index (χ1v) is 13.3. The number of piperidine rings is 1. The number of hydrogen-bond acceptors (Lipinski definition) is 5. The van der Waals surface area contributed by atoms with Crippen LogP contribution in [0.25, 0.3) is 0 Å². The first-order valence-electron chi connectivity index (χ1n) is 12.9. The van der Waals surface area contributed by atoms with Crippen LogP contribution in [0.1, 0.15) is 39.0 Å². The molecule has 1 spiro atoms. The van der Waals surface area contributed by atoms with Crippen molar-refractivity contribution in [2.75, 3.05) is 55.7 Å². The predicted octanol–water partition coefficient (Wildman–Crippen LogP) is 5.00. The van der Waals surface area contributed by atoms with E-state index in [1.807, 2.05) is 29.2 Å². The van der Waals surface area contributed by atoms with Crippen LogP contribution in [0.2, 0.25) is 5.02 Å². The molecule has 1 atom stereocenters. The zero-order valence-electron chi connectivity index (χ0n) is 20.6. The normalized spacial score (nSPS) is 22.7. The fourth-order valence-corrected chi connectivity index (χ4v) is 5.71. The molecule has 2 aromatic carbocycles. The molecular weight excluding hydrogens is 462 g/mol. The third-order valence-electron chi connectivity index (χ3n) is 7.81. The lowest BCUT2D eigenvalue weighted by molar-refractivity contribution is -0.141. The summed E-state index contributed by atoms with van der Waals surface area (Å²) >= 11 is 6.03. The molecule has 0 unspecified atom stereocenters. The highest BCUT2D eigenvalue weighted by molar-refractivity contribution is 6.30. The molecule has 0 aromatic heterocycles. The van der Waals surface area contributed by atoms with Crippen molar-refractivity contribution in [1.82, 2.24) is 4.90 Å². The second-order valence-electron chi connectivity index (χ2n) is 10.1. The van der Waals surface area contributed by atoms with E-state index in [0.717, 1.165) is 63.0 Å². The molecule has 3 heterocycles. The van der Waals surface area contributed by atoms with Gasteiger partial charge in [0.1, 0.15) is 12.4 Å². The van der Waals surface area contributed by atoms with E-state index in [9.17, 15) is 4.79 Å². The number of amides is 1. The van der Waals surface area contributed by atoms with Gasteiger partial charge in [-0.05, 0) is 94.1 Å². The number of nitrogens with zero attached hydrogens (tertiary/aromatic N) is 3. The first-order chi connectivity index (χ1) is 17.0. The lowest BCUT2D eigenvalue weighted by Crippen LogP contribution is -2.59. The zero-order valence-corrected chi connectivity index (χ0v) is 21.4. The minimum absolute atomic E-state index is 0.00547. The van der Waals surface area contributed by atoms with Crippen LogP contribution in [0, 0.1) is 0 Å². The molecule has 1 amide bonds. The SMILES string of the molecule is C[C@@H]1CCCN1CCCOc1ccc(N2CCC3(CC2)CN(c2ccc(Cl)cc2)C(=O)CO3)cc1. The maximum atomic E-state index is 12.5. The largest absolute Gasteiger partial charge is 0.494 e. The molecule has 188 valence electrons. The van der Waals surface area contributed by atoms with Gasteiger partial charge in [0, 0.05) is 42.1 Å². The number of morpholine rings is 1. The van der Waals surface area contributed by atoms with E-state index in [1.165, 1.54) is 25.1 Å². The van der Waals surface area contributed by atoms with Crippen molar-refractivity contribution in [3.05, 3.63) is 53.6 Å². The molecule has 0 N–H and O–H groups in total. The second-order valence-corrected chi connectivity index (χ2v) is 10.6. The minimum Gasteiger partial charge on any atom is -0.494 e. The van der Waals surface area contributed by atoms with E-state index in [-0.39, 0.29) is 18.1 Å². The molecule has 3 fully saturated rings. The lowest BCUT2D eigenvalue weighted by Gasteiger charge is -2.47. The van der Waals surface area contributed by atoms with E-state index in [0.29, 0.717) is 11.6 Å². The average molecular weight is 498 g/mol. The molecule has 3 saturated heterocycles. The molecule has 5 rings (SSSR count). The third kappa shape index (κ3) is 5.76. The summed E-state index contributed by atoms with van der Waals surface area (Å²) in [6, 6.07) is 16.7. The van der Waals surface area contributed by atoms with Gasteiger partial charge in [0.15, 0.2) is 0 Å². The van der Waals surface area contributed by atoms with E-state index >= 15 is 0 Å².